The molecule has 6 rings (SSSR count). The fourth-order valence-electron chi connectivity index (χ4n) is 8.71. The van der Waals surface area contributed by atoms with Gasteiger partial charge in [0.1, 0.15) is 0 Å². The zero-order chi connectivity index (χ0) is 23.8. The van der Waals surface area contributed by atoms with E-state index in [1.807, 2.05) is 6.08 Å². The van der Waals surface area contributed by atoms with Crippen LogP contribution in [0.15, 0.2) is 59.2 Å². The number of ether oxygens (including phenoxy) is 1. The molecule has 0 bridgehead atoms. The topological polar surface area (TPSA) is 29.5 Å². The third kappa shape index (κ3) is 2.95. The van der Waals surface area contributed by atoms with Gasteiger partial charge in [0, 0.05) is 37.5 Å². The fourth-order valence-corrected chi connectivity index (χ4v) is 8.71. The molecule has 1 unspecified atom stereocenters. The predicted molar refractivity (Wildman–Crippen MR) is 138 cm³/mol. The first-order chi connectivity index (χ1) is 16.2. The third-order valence-corrected chi connectivity index (χ3v) is 10.3. The summed E-state index contributed by atoms with van der Waals surface area (Å²) < 4.78 is 6.67. The Kier molecular flexibility index (Phi) is 5.05. The molecule has 0 aromatic heterocycles. The van der Waals surface area contributed by atoms with E-state index in [2.05, 4.69) is 63.7 Å². The van der Waals surface area contributed by atoms with Crippen molar-refractivity contribution in [1.29, 1.82) is 0 Å². The molecule has 180 valence electrons. The largest absolute Gasteiger partial charge is 0.378 e. The molecule has 1 aromatic carbocycles. The Bertz CT molecular complexity index is 1110. The van der Waals surface area contributed by atoms with Crippen LogP contribution in [-0.2, 0) is 9.53 Å². The molecule has 3 fully saturated rings. The molecule has 3 heteroatoms. The maximum Gasteiger partial charge on any atom is 0.156 e. The van der Waals surface area contributed by atoms with Crippen molar-refractivity contribution >= 4 is 11.5 Å². The highest BCUT2D eigenvalue weighted by Crippen LogP contribution is 2.70. The normalized spacial score (nSPS) is 39.1. The lowest BCUT2D eigenvalue weighted by atomic mass is 9.49. The number of allylic oxidation sites excluding steroid dienone is 4. The Morgan fingerprint density at radius 1 is 1.12 bits per heavy atom. The van der Waals surface area contributed by atoms with Gasteiger partial charge < -0.3 is 9.64 Å². The van der Waals surface area contributed by atoms with Gasteiger partial charge in [0.2, 0.25) is 0 Å². The molecule has 2 saturated carbocycles. The summed E-state index contributed by atoms with van der Waals surface area (Å²) in [6.07, 6.45) is 9.21. The Labute approximate surface area is 204 Å². The number of carbonyl (C=O) groups excluding carboxylic acids is 1. The summed E-state index contributed by atoms with van der Waals surface area (Å²) in [5.41, 5.74) is 8.48. The van der Waals surface area contributed by atoms with E-state index in [0.717, 1.165) is 38.7 Å². The zero-order valence-corrected chi connectivity index (χ0v) is 21.3. The minimum absolute atomic E-state index is 0.103. The first kappa shape index (κ1) is 22.3. The van der Waals surface area contributed by atoms with E-state index in [0.29, 0.717) is 35.9 Å². The summed E-state index contributed by atoms with van der Waals surface area (Å²) in [4.78, 5) is 14.6. The van der Waals surface area contributed by atoms with Crippen molar-refractivity contribution in [2.75, 3.05) is 25.6 Å². The number of nitrogens with zero attached hydrogens (tertiary/aromatic N) is 1. The molecule has 3 nitrogen and oxygen atoms in total. The average molecular weight is 458 g/mol. The van der Waals surface area contributed by atoms with Gasteiger partial charge in [-0.05, 0) is 96.8 Å². The van der Waals surface area contributed by atoms with Gasteiger partial charge in [0.25, 0.3) is 0 Å². The molecule has 1 aromatic rings. The summed E-state index contributed by atoms with van der Waals surface area (Å²) >= 11 is 0. The van der Waals surface area contributed by atoms with Crippen LogP contribution in [0.5, 0.6) is 0 Å². The summed E-state index contributed by atoms with van der Waals surface area (Å²) in [5, 5.41) is 0. The number of hydrogen-bond donors (Lipinski definition) is 0. The molecule has 0 radical (unpaired) electrons. The van der Waals surface area contributed by atoms with Crippen LogP contribution in [0.1, 0.15) is 70.3 Å². The molecule has 34 heavy (non-hydrogen) atoms. The Morgan fingerprint density at radius 3 is 2.56 bits per heavy atom. The van der Waals surface area contributed by atoms with Crippen molar-refractivity contribution in [3.8, 4) is 0 Å². The van der Waals surface area contributed by atoms with Crippen LogP contribution >= 0.6 is 0 Å². The molecular formula is C31H39NO2. The van der Waals surface area contributed by atoms with Crippen LogP contribution in [0, 0.1) is 23.2 Å². The Hall–Kier alpha value is -2.13. The number of hydrogen-bond acceptors (Lipinski definition) is 3. The number of carbonyl (C=O) groups is 1. The van der Waals surface area contributed by atoms with Gasteiger partial charge in [-0.1, -0.05) is 38.1 Å². The minimum Gasteiger partial charge on any atom is -0.378 e. The highest BCUT2D eigenvalue weighted by Gasteiger charge is 2.66. The maximum atomic E-state index is 12.4. The van der Waals surface area contributed by atoms with E-state index in [-0.39, 0.29) is 11.0 Å². The van der Waals surface area contributed by atoms with Crippen molar-refractivity contribution in [3.63, 3.8) is 0 Å². The summed E-state index contributed by atoms with van der Waals surface area (Å²) in [7, 11) is 4.21. The molecule has 1 aliphatic heterocycles. The van der Waals surface area contributed by atoms with Gasteiger partial charge in [0.15, 0.2) is 5.78 Å². The van der Waals surface area contributed by atoms with Gasteiger partial charge in [0.05, 0.1) is 12.2 Å². The molecule has 6 atom stereocenters. The quantitative estimate of drug-likeness (QED) is 0.468. The van der Waals surface area contributed by atoms with Crippen LogP contribution in [0.25, 0.3) is 0 Å². The van der Waals surface area contributed by atoms with Gasteiger partial charge in [-0.2, -0.15) is 0 Å². The predicted octanol–water partition coefficient (Wildman–Crippen LogP) is 6.61. The minimum atomic E-state index is -0.155. The number of rotatable bonds is 2. The Morgan fingerprint density at radius 2 is 1.88 bits per heavy atom. The molecule has 1 saturated heterocycles. The first-order valence-corrected chi connectivity index (χ1v) is 13.3. The zero-order valence-electron chi connectivity index (χ0n) is 21.3. The highest BCUT2D eigenvalue weighted by molar-refractivity contribution is 5.93. The molecule has 0 amide bonds. The second-order valence-corrected chi connectivity index (χ2v) is 12.1. The van der Waals surface area contributed by atoms with Crippen LogP contribution in [0.2, 0.25) is 0 Å². The van der Waals surface area contributed by atoms with Crippen molar-refractivity contribution in [1.82, 2.24) is 0 Å². The number of fused-ring (bicyclic) bond motifs is 5. The van der Waals surface area contributed by atoms with Gasteiger partial charge >= 0.3 is 0 Å². The number of ketones is 1. The van der Waals surface area contributed by atoms with Gasteiger partial charge in [-0.25, -0.2) is 0 Å². The number of anilines is 1. The molecule has 1 heterocycles. The van der Waals surface area contributed by atoms with Crippen LogP contribution in [0.4, 0.5) is 5.69 Å². The van der Waals surface area contributed by atoms with E-state index in [1.54, 1.807) is 5.57 Å². The van der Waals surface area contributed by atoms with Crippen LogP contribution in [0.3, 0.4) is 0 Å². The molecule has 5 aliphatic rings. The van der Waals surface area contributed by atoms with Crippen molar-refractivity contribution < 1.29 is 9.53 Å². The number of benzene rings is 1. The molecular weight excluding hydrogens is 418 g/mol. The smallest absolute Gasteiger partial charge is 0.156 e. The van der Waals surface area contributed by atoms with Gasteiger partial charge in [-0.3, -0.25) is 4.79 Å². The first-order valence-electron chi connectivity index (χ1n) is 13.3. The fraction of sp³-hybridized carbons (Fsp3) is 0.581. The maximum absolute atomic E-state index is 12.4. The summed E-state index contributed by atoms with van der Waals surface area (Å²) in [6.45, 7) is 10.3. The molecule has 4 aliphatic carbocycles. The van der Waals surface area contributed by atoms with E-state index in [9.17, 15) is 4.79 Å². The third-order valence-electron chi connectivity index (χ3n) is 10.3. The monoisotopic (exact) mass is 457 g/mol. The van der Waals surface area contributed by atoms with E-state index < -0.39 is 0 Å². The standard InChI is InChI=1S/C31H39NO2/c1-19-16-26-28-12-14-31(20(2)13-15-34-31)30(28,3)18-27(21-6-8-22(9-7-21)32(4)5)29(26)24-11-10-23(33)17-25(19)24/h6-9,17,19,26-28H,2,10-16,18H2,1,3-5H3/t19-,26+,27?,28+,30+,31+/m1/s1. The lowest BCUT2D eigenvalue weighted by molar-refractivity contribution is -0.114. The summed E-state index contributed by atoms with van der Waals surface area (Å²) in [6, 6.07) is 9.25. The summed E-state index contributed by atoms with van der Waals surface area (Å²) in [5.74, 6) is 2.35. The second kappa shape index (κ2) is 7.68. The average Bonchev–Trinajstić information content (AvgIpc) is 3.34. The van der Waals surface area contributed by atoms with Crippen molar-refractivity contribution in [3.05, 3.63) is 64.8 Å². The SMILES string of the molecule is C=C1CCO[C@@]12CC[C@H]1[C@@H]3C[C@@H](C)C4=CC(=O)CCC4=C3C(c3ccc(N(C)C)cc3)C[C@@]12C. The van der Waals surface area contributed by atoms with E-state index in [4.69, 9.17) is 4.74 Å². The lowest BCUT2D eigenvalue weighted by Crippen LogP contribution is -2.52. The van der Waals surface area contributed by atoms with Crippen LogP contribution < -0.4 is 4.90 Å². The molecule has 1 spiro atoms. The molecule has 0 N–H and O–H groups in total. The Balaban J connectivity index is 1.53. The lowest BCUT2D eigenvalue weighted by Gasteiger charge is -2.56. The van der Waals surface area contributed by atoms with Crippen LogP contribution in [-0.4, -0.2) is 32.1 Å². The highest BCUT2D eigenvalue weighted by atomic mass is 16.5. The van der Waals surface area contributed by atoms with Gasteiger partial charge in [-0.15, -0.1) is 0 Å². The van der Waals surface area contributed by atoms with Crippen molar-refractivity contribution in [2.45, 2.75) is 70.3 Å². The van der Waals surface area contributed by atoms with E-state index in [1.165, 1.54) is 34.4 Å². The second-order valence-electron chi connectivity index (χ2n) is 12.1. The van der Waals surface area contributed by atoms with Crippen molar-refractivity contribution in [2.24, 2.45) is 23.2 Å². The van der Waals surface area contributed by atoms with E-state index >= 15 is 0 Å².